The Morgan fingerprint density at radius 2 is 1.95 bits per heavy atom. The Morgan fingerprint density at radius 1 is 1.27 bits per heavy atom. The molecule has 0 aliphatic heterocycles. The first kappa shape index (κ1) is 16.2. The van der Waals surface area contributed by atoms with Gasteiger partial charge in [0.05, 0.1) is 12.4 Å². The molecule has 5 nitrogen and oxygen atoms in total. The van der Waals surface area contributed by atoms with Crippen molar-refractivity contribution in [1.29, 1.82) is 0 Å². The molecule has 0 aliphatic rings. The highest BCUT2D eigenvalue weighted by atomic mass is 16.3. The lowest BCUT2D eigenvalue weighted by Crippen LogP contribution is -2.41. The smallest absolute Gasteiger partial charge is 0.254 e. The summed E-state index contributed by atoms with van der Waals surface area (Å²) in [7, 11) is 0. The summed E-state index contributed by atoms with van der Waals surface area (Å²) in [5.74, 6) is -0.0509. The third-order valence-electron chi connectivity index (χ3n) is 3.47. The number of amides is 1. The number of carbonyl (C=O) groups is 1. The molecule has 1 N–H and O–H groups in total. The minimum absolute atomic E-state index is 0.0488. The summed E-state index contributed by atoms with van der Waals surface area (Å²) in [5.41, 5.74) is 1.75. The lowest BCUT2D eigenvalue weighted by atomic mass is 10.1. The number of aliphatic hydroxyl groups is 1. The van der Waals surface area contributed by atoms with Gasteiger partial charge >= 0.3 is 0 Å². The molecular formula is C17H23N3O2. The Balaban J connectivity index is 2.09. The molecule has 22 heavy (non-hydrogen) atoms. The topological polar surface area (TPSA) is 58.4 Å². The molecule has 2 aromatic rings. The van der Waals surface area contributed by atoms with Crippen molar-refractivity contribution in [1.82, 2.24) is 14.5 Å². The maximum absolute atomic E-state index is 12.5. The van der Waals surface area contributed by atoms with E-state index in [0.717, 1.165) is 12.1 Å². The van der Waals surface area contributed by atoms with Crippen LogP contribution in [0.5, 0.6) is 0 Å². The highest BCUT2D eigenvalue weighted by Crippen LogP contribution is 2.12. The molecule has 1 aromatic carbocycles. The summed E-state index contributed by atoms with van der Waals surface area (Å²) in [5, 5.41) is 9.55. The summed E-state index contributed by atoms with van der Waals surface area (Å²) >= 11 is 0. The van der Waals surface area contributed by atoms with Crippen molar-refractivity contribution in [2.24, 2.45) is 0 Å². The zero-order chi connectivity index (χ0) is 16.1. The van der Waals surface area contributed by atoms with Gasteiger partial charge in [-0.15, -0.1) is 0 Å². The third kappa shape index (κ3) is 4.18. The fourth-order valence-electron chi connectivity index (χ4n) is 2.32. The van der Waals surface area contributed by atoms with E-state index in [1.165, 1.54) is 0 Å². The predicted molar refractivity (Wildman–Crippen MR) is 85.6 cm³/mol. The van der Waals surface area contributed by atoms with Gasteiger partial charge < -0.3 is 14.6 Å². The molecule has 1 aromatic heterocycles. The summed E-state index contributed by atoms with van der Waals surface area (Å²) < 4.78 is 1.98. The van der Waals surface area contributed by atoms with Crippen LogP contribution in [-0.4, -0.2) is 44.2 Å². The Morgan fingerprint density at radius 3 is 2.45 bits per heavy atom. The molecule has 2 rings (SSSR count). The second-order valence-corrected chi connectivity index (χ2v) is 5.83. The number of aromatic nitrogens is 2. The van der Waals surface area contributed by atoms with Crippen LogP contribution < -0.4 is 0 Å². The van der Waals surface area contributed by atoms with Crippen LogP contribution in [0.2, 0.25) is 0 Å². The van der Waals surface area contributed by atoms with Crippen LogP contribution in [0, 0.1) is 0 Å². The van der Waals surface area contributed by atoms with Gasteiger partial charge in [0, 0.05) is 37.1 Å². The summed E-state index contributed by atoms with van der Waals surface area (Å²) in [6.45, 7) is 6.67. The Labute approximate surface area is 131 Å². The lowest BCUT2D eigenvalue weighted by molar-refractivity contribution is 0.0579. The third-order valence-corrected chi connectivity index (χ3v) is 3.47. The van der Waals surface area contributed by atoms with E-state index in [0.29, 0.717) is 12.1 Å². The quantitative estimate of drug-likeness (QED) is 0.889. The second kappa shape index (κ2) is 7.22. The average molecular weight is 301 g/mol. The molecule has 118 valence electrons. The molecule has 1 amide bonds. The largest absolute Gasteiger partial charge is 0.392 e. The highest BCUT2D eigenvalue weighted by Gasteiger charge is 2.20. The zero-order valence-corrected chi connectivity index (χ0v) is 13.3. The van der Waals surface area contributed by atoms with Crippen LogP contribution in [0.25, 0.3) is 0 Å². The van der Waals surface area contributed by atoms with Gasteiger partial charge in [-0.25, -0.2) is 4.98 Å². The molecule has 0 saturated heterocycles. The predicted octanol–water partition coefficient (Wildman–Crippen LogP) is 2.16. The Bertz CT molecular complexity index is 589. The van der Waals surface area contributed by atoms with Crippen molar-refractivity contribution in [2.75, 3.05) is 6.54 Å². The van der Waals surface area contributed by atoms with E-state index in [4.69, 9.17) is 0 Å². The average Bonchev–Trinajstić information content (AvgIpc) is 2.97. The molecule has 0 saturated carbocycles. The van der Waals surface area contributed by atoms with Gasteiger partial charge in [-0.05, 0) is 38.5 Å². The Hall–Kier alpha value is -2.14. The van der Waals surface area contributed by atoms with E-state index in [2.05, 4.69) is 4.98 Å². The van der Waals surface area contributed by atoms with Crippen molar-refractivity contribution < 1.29 is 9.90 Å². The van der Waals surface area contributed by atoms with E-state index in [1.807, 2.05) is 48.9 Å². The van der Waals surface area contributed by atoms with Gasteiger partial charge in [0.15, 0.2) is 0 Å². The van der Waals surface area contributed by atoms with Gasteiger partial charge in [0.2, 0.25) is 0 Å². The molecule has 1 atom stereocenters. The first-order valence-electron chi connectivity index (χ1n) is 7.51. The summed E-state index contributed by atoms with van der Waals surface area (Å²) in [4.78, 5) is 18.3. The maximum Gasteiger partial charge on any atom is 0.254 e. The molecule has 5 heteroatoms. The van der Waals surface area contributed by atoms with E-state index in [-0.39, 0.29) is 11.9 Å². The fourth-order valence-corrected chi connectivity index (χ4v) is 2.32. The fraction of sp³-hybridized carbons (Fsp3) is 0.412. The maximum atomic E-state index is 12.5. The Kier molecular flexibility index (Phi) is 5.33. The number of aliphatic hydroxyl groups excluding tert-OH is 1. The van der Waals surface area contributed by atoms with Crippen molar-refractivity contribution in [2.45, 2.75) is 39.5 Å². The number of carbonyl (C=O) groups excluding carboxylic acids is 1. The minimum atomic E-state index is -0.535. The van der Waals surface area contributed by atoms with Crippen LogP contribution in [0.15, 0.2) is 43.0 Å². The van der Waals surface area contributed by atoms with E-state index >= 15 is 0 Å². The van der Waals surface area contributed by atoms with Gasteiger partial charge in [-0.3, -0.25) is 4.79 Å². The van der Waals surface area contributed by atoms with E-state index < -0.39 is 6.10 Å². The van der Waals surface area contributed by atoms with Gasteiger partial charge in [0.1, 0.15) is 0 Å². The zero-order valence-electron chi connectivity index (χ0n) is 13.3. The van der Waals surface area contributed by atoms with Gasteiger partial charge in [-0.2, -0.15) is 0 Å². The summed E-state index contributed by atoms with van der Waals surface area (Å²) in [6.07, 6.45) is 4.88. The van der Waals surface area contributed by atoms with Crippen LogP contribution >= 0.6 is 0 Å². The first-order chi connectivity index (χ1) is 10.5. The monoisotopic (exact) mass is 301 g/mol. The first-order valence-corrected chi connectivity index (χ1v) is 7.51. The van der Waals surface area contributed by atoms with Gasteiger partial charge in [-0.1, -0.05) is 12.1 Å². The normalized spacial score (nSPS) is 12.4. The highest BCUT2D eigenvalue weighted by molar-refractivity contribution is 5.94. The number of rotatable bonds is 6. The molecule has 1 heterocycles. The van der Waals surface area contributed by atoms with Crippen molar-refractivity contribution in [3.05, 3.63) is 54.1 Å². The van der Waals surface area contributed by atoms with Crippen LogP contribution in [0.1, 0.15) is 36.7 Å². The van der Waals surface area contributed by atoms with Crippen molar-refractivity contribution in [3.63, 3.8) is 0 Å². The number of imidazole rings is 1. The molecule has 1 unspecified atom stereocenters. The lowest BCUT2D eigenvalue weighted by Gasteiger charge is -2.28. The van der Waals surface area contributed by atoms with Crippen molar-refractivity contribution >= 4 is 5.91 Å². The minimum Gasteiger partial charge on any atom is -0.392 e. The summed E-state index contributed by atoms with van der Waals surface area (Å²) in [6, 6.07) is 7.63. The number of hydrogen-bond acceptors (Lipinski definition) is 3. The van der Waals surface area contributed by atoms with Gasteiger partial charge in [0.25, 0.3) is 5.91 Å². The SMILES string of the molecule is CC(O)CN(C(=O)c1ccc(Cn2ccnc2)cc1)C(C)C. The molecule has 0 aliphatic carbocycles. The molecular weight excluding hydrogens is 278 g/mol. The number of benzene rings is 1. The van der Waals surface area contributed by atoms with E-state index in [1.54, 1.807) is 24.3 Å². The van der Waals surface area contributed by atoms with Crippen LogP contribution in [-0.2, 0) is 6.54 Å². The second-order valence-electron chi connectivity index (χ2n) is 5.83. The molecule has 0 fully saturated rings. The van der Waals surface area contributed by atoms with Crippen LogP contribution in [0.4, 0.5) is 0 Å². The number of nitrogens with zero attached hydrogens (tertiary/aromatic N) is 3. The molecule has 0 radical (unpaired) electrons. The standard InChI is InChI=1S/C17H23N3O2/c1-13(2)20(10-14(3)21)17(22)16-6-4-15(5-7-16)11-19-9-8-18-12-19/h4-9,12-14,21H,10-11H2,1-3H3. The van der Waals surface area contributed by atoms with E-state index in [9.17, 15) is 9.90 Å². The van der Waals surface area contributed by atoms with Crippen LogP contribution in [0.3, 0.4) is 0 Å². The molecule has 0 bridgehead atoms. The van der Waals surface area contributed by atoms with Crippen molar-refractivity contribution in [3.8, 4) is 0 Å². The molecule has 0 spiro atoms. The number of hydrogen-bond donors (Lipinski definition) is 1.